The summed E-state index contributed by atoms with van der Waals surface area (Å²) in [5.74, 6) is 0.953. The van der Waals surface area contributed by atoms with E-state index in [-0.39, 0.29) is 0 Å². The fourth-order valence-electron chi connectivity index (χ4n) is 3.36. The van der Waals surface area contributed by atoms with Crippen LogP contribution in [0, 0.1) is 0 Å². The van der Waals surface area contributed by atoms with Crippen LogP contribution < -0.4 is 9.64 Å². The van der Waals surface area contributed by atoms with Gasteiger partial charge in [0.25, 0.3) is 0 Å². The molecule has 0 saturated heterocycles. The van der Waals surface area contributed by atoms with Crippen molar-refractivity contribution in [3.05, 3.63) is 53.9 Å². The lowest BCUT2D eigenvalue weighted by Crippen LogP contribution is -2.28. The molecule has 22 heavy (non-hydrogen) atoms. The summed E-state index contributed by atoms with van der Waals surface area (Å²) in [6.45, 7) is 1.90. The molecule has 0 aliphatic carbocycles. The van der Waals surface area contributed by atoms with Crippen molar-refractivity contribution >= 4 is 16.5 Å². The van der Waals surface area contributed by atoms with Crippen LogP contribution in [0.4, 0.5) is 5.69 Å². The van der Waals surface area contributed by atoms with Gasteiger partial charge in [-0.05, 0) is 29.7 Å². The van der Waals surface area contributed by atoms with E-state index in [1.165, 1.54) is 27.7 Å². The Bertz CT molecular complexity index is 809. The Morgan fingerprint density at radius 2 is 2.14 bits per heavy atom. The van der Waals surface area contributed by atoms with Gasteiger partial charge >= 0.3 is 0 Å². The molecule has 1 N–H and O–H groups in total. The predicted octanol–water partition coefficient (Wildman–Crippen LogP) is 3.52. The highest BCUT2D eigenvalue weighted by atomic mass is 16.5. The number of aryl methyl sites for hydroxylation is 1. The topological polar surface area (TPSA) is 41.1 Å². The lowest BCUT2D eigenvalue weighted by Gasteiger charge is -2.29. The number of hydrogen-bond acceptors (Lipinski definition) is 3. The lowest BCUT2D eigenvalue weighted by atomic mass is 10.0. The number of methoxy groups -OCH3 is 1. The molecule has 0 radical (unpaired) electrons. The van der Waals surface area contributed by atoms with Crippen LogP contribution in [0.2, 0.25) is 0 Å². The average Bonchev–Trinajstić information content (AvgIpc) is 3.05. The van der Waals surface area contributed by atoms with Crippen molar-refractivity contribution in [2.45, 2.75) is 19.4 Å². The third-order valence-electron chi connectivity index (χ3n) is 4.46. The minimum absolute atomic E-state index is 0.844. The van der Waals surface area contributed by atoms with Crippen LogP contribution in [0.25, 0.3) is 10.8 Å². The molecule has 2 aromatic carbocycles. The molecule has 0 unspecified atom stereocenters. The Kier molecular flexibility index (Phi) is 3.22. The molecule has 4 heteroatoms. The number of nitrogens with zero attached hydrogens (tertiary/aromatic N) is 2. The van der Waals surface area contributed by atoms with Crippen molar-refractivity contribution in [2.24, 2.45) is 0 Å². The van der Waals surface area contributed by atoms with Gasteiger partial charge in [0.05, 0.1) is 24.7 Å². The van der Waals surface area contributed by atoms with Crippen LogP contribution in [-0.2, 0) is 13.0 Å². The van der Waals surface area contributed by atoms with Gasteiger partial charge in [-0.3, -0.25) is 5.10 Å². The van der Waals surface area contributed by atoms with Gasteiger partial charge in [0.1, 0.15) is 5.75 Å². The molecular formula is C18H19N3O. The average molecular weight is 293 g/mol. The zero-order valence-electron chi connectivity index (χ0n) is 12.7. The van der Waals surface area contributed by atoms with E-state index in [9.17, 15) is 0 Å². The molecule has 4 rings (SSSR count). The van der Waals surface area contributed by atoms with Crippen molar-refractivity contribution in [3.8, 4) is 5.75 Å². The number of anilines is 1. The van der Waals surface area contributed by atoms with E-state index in [0.717, 1.165) is 31.7 Å². The summed E-state index contributed by atoms with van der Waals surface area (Å²) in [5, 5.41) is 9.83. The van der Waals surface area contributed by atoms with Crippen molar-refractivity contribution < 1.29 is 4.74 Å². The molecule has 0 fully saturated rings. The Labute approximate surface area is 129 Å². The largest absolute Gasteiger partial charge is 0.496 e. The van der Waals surface area contributed by atoms with Gasteiger partial charge in [-0.15, -0.1) is 0 Å². The minimum Gasteiger partial charge on any atom is -0.496 e. The summed E-state index contributed by atoms with van der Waals surface area (Å²) in [4.78, 5) is 2.40. The smallest absolute Gasteiger partial charge is 0.124 e. The molecule has 3 aromatic rings. The maximum absolute atomic E-state index is 5.61. The molecule has 1 aliphatic heterocycles. The summed E-state index contributed by atoms with van der Waals surface area (Å²) in [7, 11) is 1.74. The van der Waals surface area contributed by atoms with Crippen LogP contribution in [-0.4, -0.2) is 23.9 Å². The fourth-order valence-corrected chi connectivity index (χ4v) is 3.36. The molecule has 0 saturated carbocycles. The first kappa shape index (κ1) is 13.2. The molecule has 4 nitrogen and oxygen atoms in total. The molecule has 112 valence electrons. The van der Waals surface area contributed by atoms with Crippen molar-refractivity contribution in [1.82, 2.24) is 10.2 Å². The molecule has 0 amide bonds. The van der Waals surface area contributed by atoms with Gasteiger partial charge in [0.2, 0.25) is 0 Å². The third-order valence-corrected chi connectivity index (χ3v) is 4.46. The second kappa shape index (κ2) is 5.37. The third kappa shape index (κ3) is 2.11. The molecular weight excluding hydrogens is 274 g/mol. The maximum atomic E-state index is 5.61. The predicted molar refractivity (Wildman–Crippen MR) is 88.5 cm³/mol. The summed E-state index contributed by atoms with van der Waals surface area (Å²) >= 11 is 0. The number of nitrogens with one attached hydrogen (secondary N) is 1. The van der Waals surface area contributed by atoms with E-state index in [0.29, 0.717) is 0 Å². The van der Waals surface area contributed by atoms with Gasteiger partial charge in [-0.25, -0.2) is 0 Å². The summed E-state index contributed by atoms with van der Waals surface area (Å²) < 4.78 is 5.61. The quantitative estimate of drug-likeness (QED) is 0.803. The first-order valence-corrected chi connectivity index (χ1v) is 7.68. The van der Waals surface area contributed by atoms with Gasteiger partial charge in [0, 0.05) is 18.7 Å². The monoisotopic (exact) mass is 293 g/mol. The van der Waals surface area contributed by atoms with E-state index >= 15 is 0 Å². The van der Waals surface area contributed by atoms with Gasteiger partial charge in [-0.1, -0.05) is 30.3 Å². The molecule has 2 heterocycles. The van der Waals surface area contributed by atoms with Crippen molar-refractivity contribution in [3.63, 3.8) is 0 Å². The molecule has 1 aromatic heterocycles. The maximum Gasteiger partial charge on any atom is 0.124 e. The van der Waals surface area contributed by atoms with Gasteiger partial charge < -0.3 is 9.64 Å². The molecule has 0 spiro atoms. The first-order chi connectivity index (χ1) is 10.9. The number of ether oxygens (including phenoxy) is 1. The molecule has 1 aliphatic rings. The second-order valence-electron chi connectivity index (χ2n) is 5.73. The van der Waals surface area contributed by atoms with Crippen LogP contribution in [0.1, 0.15) is 17.7 Å². The van der Waals surface area contributed by atoms with Crippen molar-refractivity contribution in [2.75, 3.05) is 18.6 Å². The number of H-pyrrole nitrogens is 1. The number of rotatable bonds is 3. The fraction of sp³-hybridized carbons (Fsp3) is 0.278. The van der Waals surface area contributed by atoms with E-state index in [2.05, 4.69) is 51.5 Å². The minimum atomic E-state index is 0.844. The highest BCUT2D eigenvalue weighted by molar-refractivity contribution is 5.88. The molecule has 0 atom stereocenters. The van der Waals surface area contributed by atoms with Crippen LogP contribution in [0.15, 0.2) is 42.6 Å². The highest BCUT2D eigenvalue weighted by Gasteiger charge is 2.20. The van der Waals surface area contributed by atoms with Crippen molar-refractivity contribution in [1.29, 1.82) is 0 Å². The van der Waals surface area contributed by atoms with E-state index < -0.39 is 0 Å². The number of aromatic amines is 1. The Balaban J connectivity index is 1.79. The number of hydrogen-bond donors (Lipinski definition) is 1. The SMILES string of the molecule is COc1ccc2ccccc2c1CN1CCCc2[nH]ncc21. The number of fused-ring (bicyclic) bond motifs is 2. The Morgan fingerprint density at radius 1 is 1.23 bits per heavy atom. The van der Waals surface area contributed by atoms with Gasteiger partial charge in [-0.2, -0.15) is 5.10 Å². The number of benzene rings is 2. The van der Waals surface area contributed by atoms with E-state index in [1.807, 2.05) is 6.20 Å². The Hall–Kier alpha value is -2.49. The van der Waals surface area contributed by atoms with Gasteiger partial charge in [0.15, 0.2) is 0 Å². The summed E-state index contributed by atoms with van der Waals surface area (Å²) in [6, 6.07) is 12.7. The first-order valence-electron chi connectivity index (χ1n) is 7.68. The zero-order chi connectivity index (χ0) is 14.9. The van der Waals surface area contributed by atoms with Crippen LogP contribution >= 0.6 is 0 Å². The van der Waals surface area contributed by atoms with Crippen LogP contribution in [0.3, 0.4) is 0 Å². The second-order valence-corrected chi connectivity index (χ2v) is 5.73. The zero-order valence-corrected chi connectivity index (χ0v) is 12.7. The lowest BCUT2D eigenvalue weighted by molar-refractivity contribution is 0.410. The van der Waals surface area contributed by atoms with Crippen LogP contribution in [0.5, 0.6) is 5.75 Å². The normalized spacial score (nSPS) is 14.1. The Morgan fingerprint density at radius 3 is 3.05 bits per heavy atom. The number of aromatic nitrogens is 2. The summed E-state index contributed by atoms with van der Waals surface area (Å²) in [6.07, 6.45) is 4.17. The standard InChI is InChI=1S/C18H19N3O/c1-22-18-9-8-13-5-2-3-6-14(13)15(18)12-21-10-4-7-16-17(21)11-19-20-16/h2-3,5-6,8-9,11H,4,7,10,12H2,1H3,(H,19,20). The summed E-state index contributed by atoms with van der Waals surface area (Å²) in [5.41, 5.74) is 3.71. The highest BCUT2D eigenvalue weighted by Crippen LogP contribution is 2.32. The molecule has 0 bridgehead atoms. The van der Waals surface area contributed by atoms with E-state index in [1.54, 1.807) is 7.11 Å². The van der Waals surface area contributed by atoms with E-state index in [4.69, 9.17) is 4.74 Å².